The van der Waals surface area contributed by atoms with Crippen LogP contribution < -0.4 is 15.4 Å². The van der Waals surface area contributed by atoms with Crippen molar-refractivity contribution in [2.45, 2.75) is 13.5 Å². The number of nitrogens with zero attached hydrogens (tertiary/aromatic N) is 5. The van der Waals surface area contributed by atoms with E-state index in [0.29, 0.717) is 36.6 Å². The molecule has 0 radical (unpaired) electrons. The molecule has 4 rings (SSSR count). The molecule has 0 saturated heterocycles. The first kappa shape index (κ1) is 17.5. The Labute approximate surface area is 160 Å². The highest BCUT2D eigenvalue weighted by molar-refractivity contribution is 5.61. The molecule has 0 aromatic carbocycles. The number of pyridine rings is 1. The molecule has 0 aliphatic carbocycles. The molecule has 28 heavy (non-hydrogen) atoms. The number of furan rings is 1. The van der Waals surface area contributed by atoms with Crippen LogP contribution in [0.3, 0.4) is 0 Å². The fourth-order valence-electron chi connectivity index (χ4n) is 2.42. The number of hydrogen-bond acceptors (Lipinski definition) is 9. The minimum atomic E-state index is 0.214. The molecule has 3 N–H and O–H groups in total. The molecule has 10 nitrogen and oxygen atoms in total. The first-order valence-electron chi connectivity index (χ1n) is 8.69. The zero-order valence-corrected chi connectivity index (χ0v) is 15.1. The molecule has 142 valence electrons. The van der Waals surface area contributed by atoms with Crippen LogP contribution in [-0.2, 0) is 6.54 Å². The van der Waals surface area contributed by atoms with E-state index < -0.39 is 0 Å². The van der Waals surface area contributed by atoms with E-state index >= 15 is 0 Å². The van der Waals surface area contributed by atoms with Crippen molar-refractivity contribution in [3.63, 3.8) is 0 Å². The SMILES string of the molecule is CCOc1nc(NCc2ccco2)nc(Nc2cc(-c3ccccn3)n[nH]2)n1. The Morgan fingerprint density at radius 3 is 2.79 bits per heavy atom. The average Bonchev–Trinajstić information content (AvgIpc) is 3.39. The Balaban J connectivity index is 1.52. The second-order valence-electron chi connectivity index (χ2n) is 5.64. The largest absolute Gasteiger partial charge is 0.467 e. The van der Waals surface area contributed by atoms with Crippen LogP contribution in [0, 0.1) is 0 Å². The quantitative estimate of drug-likeness (QED) is 0.424. The molecule has 0 unspecified atom stereocenters. The lowest BCUT2D eigenvalue weighted by Gasteiger charge is -2.08. The highest BCUT2D eigenvalue weighted by atomic mass is 16.5. The maximum atomic E-state index is 5.43. The van der Waals surface area contributed by atoms with E-state index in [-0.39, 0.29) is 6.01 Å². The van der Waals surface area contributed by atoms with E-state index in [1.165, 1.54) is 0 Å². The zero-order valence-electron chi connectivity index (χ0n) is 15.1. The summed E-state index contributed by atoms with van der Waals surface area (Å²) in [5, 5.41) is 13.3. The summed E-state index contributed by atoms with van der Waals surface area (Å²) < 4.78 is 10.7. The van der Waals surface area contributed by atoms with Crippen molar-refractivity contribution in [1.82, 2.24) is 30.1 Å². The first-order valence-corrected chi connectivity index (χ1v) is 8.69. The van der Waals surface area contributed by atoms with Crippen LogP contribution in [0.4, 0.5) is 17.7 Å². The van der Waals surface area contributed by atoms with Crippen molar-refractivity contribution in [2.75, 3.05) is 17.2 Å². The molecular formula is C18H18N8O2. The molecule has 4 aromatic rings. The van der Waals surface area contributed by atoms with Gasteiger partial charge >= 0.3 is 6.01 Å². The fraction of sp³-hybridized carbons (Fsp3) is 0.167. The molecule has 4 heterocycles. The van der Waals surface area contributed by atoms with Crippen molar-refractivity contribution >= 4 is 17.7 Å². The maximum absolute atomic E-state index is 5.43. The molecule has 0 aliphatic heterocycles. The minimum absolute atomic E-state index is 0.214. The number of rotatable bonds is 8. The van der Waals surface area contributed by atoms with E-state index in [9.17, 15) is 0 Å². The monoisotopic (exact) mass is 378 g/mol. The molecule has 0 amide bonds. The van der Waals surface area contributed by atoms with Gasteiger partial charge in [0.2, 0.25) is 11.9 Å². The van der Waals surface area contributed by atoms with Crippen LogP contribution in [0.2, 0.25) is 0 Å². The van der Waals surface area contributed by atoms with Gasteiger partial charge in [0.1, 0.15) is 17.3 Å². The van der Waals surface area contributed by atoms with Crippen molar-refractivity contribution in [3.05, 3.63) is 54.6 Å². The molecule has 0 saturated carbocycles. The van der Waals surface area contributed by atoms with Gasteiger partial charge < -0.3 is 19.8 Å². The average molecular weight is 378 g/mol. The Hall–Kier alpha value is -3.95. The first-order chi connectivity index (χ1) is 13.8. The molecule has 0 aliphatic rings. The van der Waals surface area contributed by atoms with Crippen molar-refractivity contribution < 1.29 is 9.15 Å². The predicted octanol–water partition coefficient (Wildman–Crippen LogP) is 3.00. The second-order valence-corrected chi connectivity index (χ2v) is 5.64. The van der Waals surface area contributed by atoms with E-state index in [1.807, 2.05) is 43.3 Å². The van der Waals surface area contributed by atoms with Crippen LogP contribution >= 0.6 is 0 Å². The molecule has 0 atom stereocenters. The Morgan fingerprint density at radius 2 is 2.00 bits per heavy atom. The number of aromatic amines is 1. The van der Waals surface area contributed by atoms with Gasteiger partial charge in [-0.2, -0.15) is 20.1 Å². The Bertz CT molecular complexity index is 1020. The summed E-state index contributed by atoms with van der Waals surface area (Å²) >= 11 is 0. The summed E-state index contributed by atoms with van der Waals surface area (Å²) in [4.78, 5) is 17.2. The minimum Gasteiger partial charge on any atom is -0.467 e. The van der Waals surface area contributed by atoms with Crippen molar-refractivity contribution in [2.24, 2.45) is 0 Å². The molecule has 0 bridgehead atoms. The normalized spacial score (nSPS) is 10.6. The van der Waals surface area contributed by atoms with Crippen LogP contribution in [0.25, 0.3) is 11.4 Å². The predicted molar refractivity (Wildman–Crippen MR) is 102 cm³/mol. The van der Waals surface area contributed by atoms with Gasteiger partial charge in [-0.3, -0.25) is 10.1 Å². The lowest BCUT2D eigenvalue weighted by Crippen LogP contribution is -2.09. The van der Waals surface area contributed by atoms with Gasteiger partial charge in [-0.15, -0.1) is 0 Å². The summed E-state index contributed by atoms with van der Waals surface area (Å²) in [6.07, 6.45) is 3.33. The van der Waals surface area contributed by atoms with Crippen molar-refractivity contribution in [1.29, 1.82) is 0 Å². The number of aromatic nitrogens is 6. The fourth-order valence-corrected chi connectivity index (χ4v) is 2.42. The van der Waals surface area contributed by atoms with Crippen LogP contribution in [-0.4, -0.2) is 36.7 Å². The van der Waals surface area contributed by atoms with Gasteiger partial charge in [0.05, 0.1) is 25.1 Å². The molecule has 0 spiro atoms. The van der Waals surface area contributed by atoms with Gasteiger partial charge in [-0.1, -0.05) is 6.07 Å². The number of nitrogens with one attached hydrogen (secondary N) is 3. The molecule has 4 aromatic heterocycles. The molecule has 10 heteroatoms. The maximum Gasteiger partial charge on any atom is 0.323 e. The topological polar surface area (TPSA) is 127 Å². The lowest BCUT2D eigenvalue weighted by atomic mass is 10.3. The summed E-state index contributed by atoms with van der Waals surface area (Å²) in [5.41, 5.74) is 1.47. The summed E-state index contributed by atoms with van der Waals surface area (Å²) in [7, 11) is 0. The summed E-state index contributed by atoms with van der Waals surface area (Å²) in [6.45, 7) is 2.74. The third-order valence-electron chi connectivity index (χ3n) is 3.64. The van der Waals surface area contributed by atoms with E-state index in [0.717, 1.165) is 11.5 Å². The summed E-state index contributed by atoms with van der Waals surface area (Å²) in [6, 6.07) is 11.4. The van der Waals surface area contributed by atoms with E-state index in [1.54, 1.807) is 12.5 Å². The summed E-state index contributed by atoms with van der Waals surface area (Å²) in [5.74, 6) is 2.06. The van der Waals surface area contributed by atoms with Crippen molar-refractivity contribution in [3.8, 4) is 17.4 Å². The lowest BCUT2D eigenvalue weighted by molar-refractivity contribution is 0.312. The van der Waals surface area contributed by atoms with Gasteiger partial charge in [-0.25, -0.2) is 0 Å². The Morgan fingerprint density at radius 1 is 1.07 bits per heavy atom. The Kier molecular flexibility index (Phi) is 5.09. The third-order valence-corrected chi connectivity index (χ3v) is 3.64. The smallest absolute Gasteiger partial charge is 0.323 e. The van der Waals surface area contributed by atoms with Gasteiger partial charge in [-0.05, 0) is 31.2 Å². The number of hydrogen-bond donors (Lipinski definition) is 3. The number of H-pyrrole nitrogens is 1. The standard InChI is InChI=1S/C18H18N8O2/c1-2-27-18-23-16(20-11-12-6-5-9-28-12)22-17(24-18)21-15-10-14(25-26-15)13-7-3-4-8-19-13/h3-10H,2,11H2,1H3,(H3,20,21,22,23,24,25,26). The molecular weight excluding hydrogens is 360 g/mol. The zero-order chi connectivity index (χ0) is 19.2. The number of anilines is 3. The second kappa shape index (κ2) is 8.16. The van der Waals surface area contributed by atoms with E-state index in [2.05, 4.69) is 40.8 Å². The highest BCUT2D eigenvalue weighted by Gasteiger charge is 2.11. The van der Waals surface area contributed by atoms with Gasteiger partial charge in [0.15, 0.2) is 0 Å². The highest BCUT2D eigenvalue weighted by Crippen LogP contribution is 2.20. The van der Waals surface area contributed by atoms with E-state index in [4.69, 9.17) is 9.15 Å². The third kappa shape index (κ3) is 4.23. The van der Waals surface area contributed by atoms with Gasteiger partial charge in [0.25, 0.3) is 0 Å². The number of ether oxygens (including phenoxy) is 1. The molecule has 0 fully saturated rings. The van der Waals surface area contributed by atoms with Gasteiger partial charge in [0, 0.05) is 12.3 Å². The van der Waals surface area contributed by atoms with Crippen LogP contribution in [0.15, 0.2) is 53.3 Å². The van der Waals surface area contributed by atoms with Crippen LogP contribution in [0.1, 0.15) is 12.7 Å². The van der Waals surface area contributed by atoms with Crippen LogP contribution in [0.5, 0.6) is 6.01 Å².